The first-order chi connectivity index (χ1) is 14.1. The quantitative estimate of drug-likeness (QED) is 0.698. The van der Waals surface area contributed by atoms with E-state index < -0.39 is 0 Å². The van der Waals surface area contributed by atoms with Gasteiger partial charge in [0.1, 0.15) is 23.8 Å². The molecule has 0 unspecified atom stereocenters. The number of hydrogen-bond donors (Lipinski definition) is 1. The summed E-state index contributed by atoms with van der Waals surface area (Å²) in [6, 6.07) is 15.8. The van der Waals surface area contributed by atoms with Crippen molar-refractivity contribution in [2.75, 3.05) is 46.4 Å². The summed E-state index contributed by atoms with van der Waals surface area (Å²) in [5, 5.41) is 1.09. The van der Waals surface area contributed by atoms with Crippen LogP contribution >= 0.6 is 0 Å². The average Bonchev–Trinajstić information content (AvgIpc) is 3.17. The predicted molar refractivity (Wildman–Crippen MR) is 114 cm³/mol. The first-order valence-electron chi connectivity index (χ1n) is 10.0. The Hall–Kier alpha value is -2.99. The summed E-state index contributed by atoms with van der Waals surface area (Å²) < 4.78 is 11.0. The van der Waals surface area contributed by atoms with Gasteiger partial charge < -0.3 is 19.4 Å². The molecular formula is C23H27N3O3. The van der Waals surface area contributed by atoms with Gasteiger partial charge in [0, 0.05) is 43.6 Å². The van der Waals surface area contributed by atoms with Crippen LogP contribution in [0.15, 0.2) is 48.5 Å². The van der Waals surface area contributed by atoms with Gasteiger partial charge >= 0.3 is 0 Å². The van der Waals surface area contributed by atoms with Crippen LogP contribution < -0.4 is 9.47 Å². The number of carbonyl (C=O) groups excluding carboxylic acids is 1. The Kier molecular flexibility index (Phi) is 5.71. The van der Waals surface area contributed by atoms with Crippen LogP contribution in [0.3, 0.4) is 0 Å². The number of rotatable bonds is 6. The summed E-state index contributed by atoms with van der Waals surface area (Å²) in [6.45, 7) is 6.71. The lowest BCUT2D eigenvalue weighted by Gasteiger charge is -2.34. The number of aryl methyl sites for hydroxylation is 1. The van der Waals surface area contributed by atoms with E-state index in [1.54, 1.807) is 7.11 Å². The van der Waals surface area contributed by atoms with Crippen LogP contribution in [0.1, 0.15) is 16.1 Å². The van der Waals surface area contributed by atoms with E-state index in [0.717, 1.165) is 55.1 Å². The van der Waals surface area contributed by atoms with Crippen LogP contribution in [0.25, 0.3) is 10.9 Å². The zero-order valence-corrected chi connectivity index (χ0v) is 17.0. The predicted octanol–water partition coefficient (Wildman–Crippen LogP) is 3.32. The van der Waals surface area contributed by atoms with Gasteiger partial charge in [-0.05, 0) is 49.4 Å². The van der Waals surface area contributed by atoms with Crippen molar-refractivity contribution in [2.24, 2.45) is 0 Å². The molecule has 0 atom stereocenters. The van der Waals surface area contributed by atoms with Crippen molar-refractivity contribution in [1.82, 2.24) is 14.8 Å². The van der Waals surface area contributed by atoms with Gasteiger partial charge in [0.15, 0.2) is 0 Å². The van der Waals surface area contributed by atoms with Crippen LogP contribution in [0.4, 0.5) is 0 Å². The van der Waals surface area contributed by atoms with Crippen molar-refractivity contribution in [3.63, 3.8) is 0 Å². The maximum absolute atomic E-state index is 12.9. The van der Waals surface area contributed by atoms with E-state index in [-0.39, 0.29) is 5.91 Å². The molecule has 152 valence electrons. The second kappa shape index (κ2) is 8.57. The normalized spacial score (nSPS) is 14.9. The third kappa shape index (κ3) is 4.54. The Bertz CT molecular complexity index is 973. The Morgan fingerprint density at radius 3 is 2.45 bits per heavy atom. The molecule has 1 aliphatic heterocycles. The summed E-state index contributed by atoms with van der Waals surface area (Å²) in [5.41, 5.74) is 2.87. The van der Waals surface area contributed by atoms with Gasteiger partial charge in [-0.15, -0.1) is 0 Å². The van der Waals surface area contributed by atoms with Crippen molar-refractivity contribution >= 4 is 16.8 Å². The molecule has 4 rings (SSSR count). The van der Waals surface area contributed by atoms with Gasteiger partial charge in [0.05, 0.1) is 7.11 Å². The Morgan fingerprint density at radius 2 is 1.72 bits per heavy atom. The summed E-state index contributed by atoms with van der Waals surface area (Å²) >= 11 is 0. The van der Waals surface area contributed by atoms with E-state index in [0.29, 0.717) is 12.3 Å². The van der Waals surface area contributed by atoms with Crippen LogP contribution in [0.5, 0.6) is 11.5 Å². The number of ether oxygens (including phenoxy) is 2. The highest BCUT2D eigenvalue weighted by Crippen LogP contribution is 2.19. The largest absolute Gasteiger partial charge is 0.497 e. The third-order valence-electron chi connectivity index (χ3n) is 5.40. The molecule has 3 aromatic rings. The Balaban J connectivity index is 1.25. The summed E-state index contributed by atoms with van der Waals surface area (Å²) in [4.78, 5) is 20.4. The molecule has 1 saturated heterocycles. The number of nitrogens with one attached hydrogen (secondary N) is 1. The number of amides is 1. The van der Waals surface area contributed by atoms with Crippen molar-refractivity contribution < 1.29 is 14.3 Å². The van der Waals surface area contributed by atoms with E-state index >= 15 is 0 Å². The third-order valence-corrected chi connectivity index (χ3v) is 5.40. The number of methoxy groups -OCH3 is 1. The minimum absolute atomic E-state index is 0.0768. The molecular weight excluding hydrogens is 366 g/mol. The highest BCUT2D eigenvalue weighted by Gasteiger charge is 2.23. The molecule has 2 aromatic carbocycles. The van der Waals surface area contributed by atoms with Crippen LogP contribution in [-0.2, 0) is 0 Å². The molecule has 0 radical (unpaired) electrons. The van der Waals surface area contributed by atoms with Crippen molar-refractivity contribution in [3.8, 4) is 11.5 Å². The second-order valence-corrected chi connectivity index (χ2v) is 7.43. The van der Waals surface area contributed by atoms with Gasteiger partial charge in [-0.3, -0.25) is 9.69 Å². The number of aromatic nitrogens is 1. The zero-order valence-electron chi connectivity index (χ0n) is 17.0. The lowest BCUT2D eigenvalue weighted by Crippen LogP contribution is -2.49. The SMILES string of the molecule is COc1ccc(OCCN2CCN(C(=O)c3cc4cc(C)ccc4[nH]3)CC2)cc1. The highest BCUT2D eigenvalue weighted by molar-refractivity contribution is 5.98. The maximum atomic E-state index is 12.9. The molecule has 0 aliphatic carbocycles. The molecule has 1 amide bonds. The number of carbonyl (C=O) groups is 1. The zero-order chi connectivity index (χ0) is 20.2. The minimum Gasteiger partial charge on any atom is -0.497 e. The first kappa shape index (κ1) is 19.3. The number of nitrogens with zero attached hydrogens (tertiary/aromatic N) is 2. The minimum atomic E-state index is 0.0768. The van der Waals surface area contributed by atoms with E-state index in [1.165, 1.54) is 5.56 Å². The fourth-order valence-electron chi connectivity index (χ4n) is 3.68. The van der Waals surface area contributed by atoms with Gasteiger partial charge in [-0.2, -0.15) is 0 Å². The van der Waals surface area contributed by atoms with Crippen LogP contribution in [0.2, 0.25) is 0 Å². The monoisotopic (exact) mass is 393 g/mol. The summed E-state index contributed by atoms with van der Waals surface area (Å²) in [6.07, 6.45) is 0. The first-order valence-corrected chi connectivity index (χ1v) is 10.0. The van der Waals surface area contributed by atoms with Crippen molar-refractivity contribution in [3.05, 3.63) is 59.8 Å². The molecule has 1 N–H and O–H groups in total. The number of fused-ring (bicyclic) bond motifs is 1. The fourth-order valence-corrected chi connectivity index (χ4v) is 3.68. The molecule has 0 saturated carbocycles. The number of aromatic amines is 1. The molecule has 1 aliphatic rings. The molecule has 0 bridgehead atoms. The van der Waals surface area contributed by atoms with E-state index in [4.69, 9.17) is 9.47 Å². The molecule has 0 spiro atoms. The molecule has 29 heavy (non-hydrogen) atoms. The molecule has 6 heteroatoms. The van der Waals surface area contributed by atoms with E-state index in [2.05, 4.69) is 28.9 Å². The molecule has 1 fully saturated rings. The van der Waals surface area contributed by atoms with E-state index in [9.17, 15) is 4.79 Å². The lowest BCUT2D eigenvalue weighted by atomic mass is 10.2. The number of hydrogen-bond acceptors (Lipinski definition) is 4. The average molecular weight is 393 g/mol. The van der Waals surface area contributed by atoms with Crippen molar-refractivity contribution in [1.29, 1.82) is 0 Å². The fraction of sp³-hybridized carbons (Fsp3) is 0.348. The van der Waals surface area contributed by atoms with Crippen LogP contribution in [0, 0.1) is 6.92 Å². The molecule has 2 heterocycles. The Morgan fingerprint density at radius 1 is 1.00 bits per heavy atom. The van der Waals surface area contributed by atoms with Gasteiger partial charge in [0.25, 0.3) is 5.91 Å². The summed E-state index contributed by atoms with van der Waals surface area (Å²) in [5.74, 6) is 1.74. The molecule has 1 aromatic heterocycles. The smallest absolute Gasteiger partial charge is 0.270 e. The lowest BCUT2D eigenvalue weighted by molar-refractivity contribution is 0.0615. The van der Waals surface area contributed by atoms with E-state index in [1.807, 2.05) is 41.3 Å². The standard InChI is InChI=1S/C23H27N3O3/c1-17-3-8-21-18(15-17)16-22(24-21)23(27)26-11-9-25(10-12-26)13-14-29-20-6-4-19(28-2)5-7-20/h3-8,15-16,24H,9-14H2,1-2H3. The maximum Gasteiger partial charge on any atom is 0.270 e. The van der Waals surface area contributed by atoms with Crippen LogP contribution in [-0.4, -0.2) is 67.1 Å². The topological polar surface area (TPSA) is 57.8 Å². The highest BCUT2D eigenvalue weighted by atomic mass is 16.5. The number of benzene rings is 2. The number of piperazine rings is 1. The van der Waals surface area contributed by atoms with Gasteiger partial charge in [0.2, 0.25) is 0 Å². The van der Waals surface area contributed by atoms with Crippen molar-refractivity contribution in [2.45, 2.75) is 6.92 Å². The summed E-state index contributed by atoms with van der Waals surface area (Å²) in [7, 11) is 1.65. The van der Waals surface area contributed by atoms with Gasteiger partial charge in [-0.1, -0.05) is 11.6 Å². The second-order valence-electron chi connectivity index (χ2n) is 7.43. The molecule has 6 nitrogen and oxygen atoms in total. The number of H-pyrrole nitrogens is 1. The van der Waals surface area contributed by atoms with Gasteiger partial charge in [-0.25, -0.2) is 0 Å². The Labute approximate surface area is 171 Å².